The molecule has 4 atom stereocenters. The molecule has 1 aromatic heterocycles. The van der Waals surface area contributed by atoms with Crippen LogP contribution in [0.15, 0.2) is 48.8 Å². The number of aromatic nitrogens is 3. The van der Waals surface area contributed by atoms with Crippen LogP contribution in [-0.2, 0) is 14.3 Å². The van der Waals surface area contributed by atoms with Crippen molar-refractivity contribution in [3.63, 3.8) is 0 Å². The van der Waals surface area contributed by atoms with Crippen molar-refractivity contribution >= 4 is 29.3 Å². The van der Waals surface area contributed by atoms with Gasteiger partial charge in [0.25, 0.3) is 0 Å². The van der Waals surface area contributed by atoms with Crippen molar-refractivity contribution in [2.75, 3.05) is 62.7 Å². The zero-order valence-corrected chi connectivity index (χ0v) is 27.1. The number of nitriles is 1. The second-order valence-corrected chi connectivity index (χ2v) is 12.7. The van der Waals surface area contributed by atoms with Crippen LogP contribution in [0.4, 0.5) is 26.5 Å². The summed E-state index contributed by atoms with van der Waals surface area (Å²) in [5.74, 6) is 0.690. The highest BCUT2D eigenvalue weighted by atomic mass is 19.1. The number of carbonyl (C=O) groups excluding carboxylic acids is 2. The molecule has 0 radical (unpaired) electrons. The molecule has 2 amide bonds. The number of nitrogens with one attached hydrogen (secondary N) is 2. The summed E-state index contributed by atoms with van der Waals surface area (Å²) < 4.78 is 31.6. The van der Waals surface area contributed by atoms with Gasteiger partial charge >= 0.3 is 6.09 Å². The molecule has 3 aromatic rings. The number of amides is 2. The van der Waals surface area contributed by atoms with Crippen LogP contribution in [0.3, 0.4) is 0 Å². The molecule has 15 heteroatoms. The van der Waals surface area contributed by atoms with Crippen LogP contribution in [0, 0.1) is 11.3 Å². The number of rotatable bonds is 9. The average Bonchev–Trinajstić information content (AvgIpc) is 3.41. The minimum absolute atomic E-state index is 0.0287. The summed E-state index contributed by atoms with van der Waals surface area (Å²) in [6, 6.07) is 15.3. The first-order chi connectivity index (χ1) is 23.8. The van der Waals surface area contributed by atoms with Gasteiger partial charge in [0.2, 0.25) is 11.9 Å². The number of alkyl halides is 1. The molecule has 4 fully saturated rings. The van der Waals surface area contributed by atoms with E-state index < -0.39 is 30.5 Å². The number of anilines is 3. The van der Waals surface area contributed by atoms with Gasteiger partial charge in [-0.2, -0.15) is 10.2 Å². The van der Waals surface area contributed by atoms with Crippen molar-refractivity contribution in [3.8, 4) is 23.2 Å². The number of piperazine rings is 1. The third kappa shape index (κ3) is 7.35. The lowest BCUT2D eigenvalue weighted by molar-refractivity contribution is -0.135. The van der Waals surface area contributed by atoms with Crippen molar-refractivity contribution in [1.29, 1.82) is 5.26 Å². The van der Waals surface area contributed by atoms with Crippen LogP contribution in [0.2, 0.25) is 0 Å². The fraction of sp³-hybridized carbons (Fsp3) is 0.471. The number of benzene rings is 2. The molecule has 14 nitrogen and oxygen atoms in total. The number of hydrogen-bond donors (Lipinski definition) is 2. The van der Waals surface area contributed by atoms with Crippen LogP contribution in [0.25, 0.3) is 11.4 Å². The predicted molar refractivity (Wildman–Crippen MR) is 176 cm³/mol. The van der Waals surface area contributed by atoms with Gasteiger partial charge in [-0.05, 0) is 49.4 Å². The second-order valence-electron chi connectivity index (χ2n) is 12.7. The molecular weight excluding hydrogens is 633 g/mol. The topological polar surface area (TPSA) is 158 Å². The molecule has 4 saturated heterocycles. The Morgan fingerprint density at radius 1 is 1.12 bits per heavy atom. The summed E-state index contributed by atoms with van der Waals surface area (Å²) in [5, 5.41) is 15.7. The summed E-state index contributed by atoms with van der Waals surface area (Å²) >= 11 is 0. The highest BCUT2D eigenvalue weighted by molar-refractivity contribution is 5.79. The fourth-order valence-corrected chi connectivity index (χ4v) is 6.51. The largest absolute Gasteiger partial charge is 0.486 e. The maximum atomic E-state index is 15.2. The molecule has 0 unspecified atom stereocenters. The smallest absolute Gasteiger partial charge is 0.407 e. The van der Waals surface area contributed by atoms with Gasteiger partial charge in [0.1, 0.15) is 30.4 Å². The maximum absolute atomic E-state index is 15.2. The Morgan fingerprint density at radius 2 is 1.92 bits per heavy atom. The predicted octanol–water partition coefficient (Wildman–Crippen LogP) is 2.88. The molecule has 0 saturated carbocycles. The molecule has 2 aromatic carbocycles. The number of cyclic esters (lactones) is 1. The Kier molecular flexibility index (Phi) is 9.41. The van der Waals surface area contributed by atoms with Crippen molar-refractivity contribution < 1.29 is 28.2 Å². The number of carbonyl (C=O) groups is 2. The quantitative estimate of drug-likeness (QED) is 0.343. The van der Waals surface area contributed by atoms with Crippen molar-refractivity contribution in [1.82, 2.24) is 30.1 Å². The molecule has 5 heterocycles. The number of piperidine rings is 1. The van der Waals surface area contributed by atoms with Gasteiger partial charge in [0.05, 0.1) is 43.8 Å². The van der Waals surface area contributed by atoms with E-state index in [2.05, 4.69) is 53.6 Å². The zero-order valence-electron chi connectivity index (χ0n) is 27.1. The monoisotopic (exact) mass is 671 g/mol. The van der Waals surface area contributed by atoms with Crippen molar-refractivity contribution in [3.05, 3.63) is 54.4 Å². The summed E-state index contributed by atoms with van der Waals surface area (Å²) in [6.45, 7) is 7.54. The lowest BCUT2D eigenvalue weighted by Crippen LogP contribution is -2.56. The highest BCUT2D eigenvalue weighted by Gasteiger charge is 2.37. The first kappa shape index (κ1) is 32.5. The summed E-state index contributed by atoms with van der Waals surface area (Å²) in [5.41, 5.74) is 2.78. The molecule has 0 aliphatic carbocycles. The number of nitrogens with zero attached hydrogens (tertiary/aromatic N) is 7. The molecular formula is C34H38FN9O5. The van der Waals surface area contributed by atoms with Gasteiger partial charge in [-0.15, -0.1) is 0 Å². The van der Waals surface area contributed by atoms with Crippen LogP contribution in [-0.4, -0.2) is 120 Å². The minimum atomic E-state index is -1.46. The molecule has 0 spiro atoms. The van der Waals surface area contributed by atoms with E-state index in [0.29, 0.717) is 23.4 Å². The molecule has 256 valence electrons. The van der Waals surface area contributed by atoms with Crippen LogP contribution in [0.5, 0.6) is 5.75 Å². The van der Waals surface area contributed by atoms with Crippen molar-refractivity contribution in [2.45, 2.75) is 50.2 Å². The number of hydrogen-bond acceptors (Lipinski definition) is 12. The lowest BCUT2D eigenvalue weighted by atomic mass is 10.0. The Balaban J connectivity index is 0.940. The number of halogens is 1. The molecule has 0 bridgehead atoms. The molecule has 4 aliphatic heterocycles. The van der Waals surface area contributed by atoms with Crippen LogP contribution in [0.1, 0.15) is 25.3 Å². The first-order valence-corrected chi connectivity index (χ1v) is 16.6. The van der Waals surface area contributed by atoms with Gasteiger partial charge < -0.3 is 34.6 Å². The Bertz CT molecular complexity index is 1710. The third-order valence-electron chi connectivity index (χ3n) is 9.54. The van der Waals surface area contributed by atoms with E-state index in [1.165, 1.54) is 11.2 Å². The summed E-state index contributed by atoms with van der Waals surface area (Å²) in [4.78, 5) is 43.6. The summed E-state index contributed by atoms with van der Waals surface area (Å²) in [7, 11) is 0. The minimum Gasteiger partial charge on any atom is -0.486 e. The second kappa shape index (κ2) is 14.2. The van der Waals surface area contributed by atoms with E-state index >= 15 is 4.39 Å². The Labute approximate surface area is 283 Å². The van der Waals surface area contributed by atoms with Gasteiger partial charge in [-0.1, -0.05) is 0 Å². The van der Waals surface area contributed by atoms with E-state index in [4.69, 9.17) is 14.2 Å². The van der Waals surface area contributed by atoms with Crippen LogP contribution < -0.4 is 20.3 Å². The lowest BCUT2D eigenvalue weighted by Gasteiger charge is -2.43. The Hall–Kier alpha value is -5.07. The molecule has 7 rings (SSSR count). The number of likely N-dealkylation sites (tertiary alicyclic amines) is 1. The standard InChI is InChI=1S/C34H38FN9O5/c1-21-28(40-34(46)48-21)15-31(45)44-9-8-30(27(35)17-44)49-29-7-2-22(14-23(29)16-36)32-37-20-38-33(41-32)39-24-3-5-25(6-4-24)42-10-12-43(13-11-42)26-18-47-19-26/h2-7,14,20-21,26-28,30H,8-13,15,17-19H2,1H3,(H,40,46)(H,37,38,39,41)/t21-,27+,28+,30-/m0/s1. The Morgan fingerprint density at radius 3 is 2.59 bits per heavy atom. The van der Waals surface area contributed by atoms with Gasteiger partial charge in [0.15, 0.2) is 12.0 Å². The highest BCUT2D eigenvalue weighted by Crippen LogP contribution is 2.29. The van der Waals surface area contributed by atoms with Gasteiger partial charge in [0, 0.05) is 56.1 Å². The van der Waals surface area contributed by atoms with E-state index in [9.17, 15) is 14.9 Å². The van der Waals surface area contributed by atoms with Gasteiger partial charge in [-0.25, -0.2) is 19.2 Å². The summed E-state index contributed by atoms with van der Waals surface area (Å²) in [6.07, 6.45) is -1.61. The average molecular weight is 672 g/mol. The van der Waals surface area contributed by atoms with E-state index in [1.807, 2.05) is 12.1 Å². The normalized spacial score (nSPS) is 24.4. The zero-order chi connectivity index (χ0) is 33.9. The number of alkyl carbamates (subject to hydrolysis) is 1. The van der Waals surface area contributed by atoms with E-state index in [-0.39, 0.29) is 43.2 Å². The third-order valence-corrected chi connectivity index (χ3v) is 9.54. The number of ether oxygens (including phenoxy) is 3. The van der Waals surface area contributed by atoms with Crippen LogP contribution >= 0.6 is 0 Å². The van der Waals surface area contributed by atoms with Gasteiger partial charge in [-0.3, -0.25) is 9.69 Å². The van der Waals surface area contributed by atoms with E-state index in [0.717, 1.165) is 50.8 Å². The van der Waals surface area contributed by atoms with Crippen molar-refractivity contribution in [2.24, 2.45) is 0 Å². The fourth-order valence-electron chi connectivity index (χ4n) is 6.51. The first-order valence-electron chi connectivity index (χ1n) is 16.6. The maximum Gasteiger partial charge on any atom is 0.407 e. The molecule has 49 heavy (non-hydrogen) atoms. The molecule has 2 N–H and O–H groups in total. The van der Waals surface area contributed by atoms with E-state index in [1.54, 1.807) is 25.1 Å². The SMILES string of the molecule is C[C@@H]1OC(=O)N[C@@H]1CC(=O)N1CC[C@H](Oc2ccc(-c3ncnc(Nc4ccc(N5CCN(C6COC6)CC5)cc4)n3)cc2C#N)[C@H](F)C1. The molecule has 4 aliphatic rings.